The van der Waals surface area contributed by atoms with Gasteiger partial charge in [0, 0.05) is 20.2 Å². The van der Waals surface area contributed by atoms with Gasteiger partial charge in [0.2, 0.25) is 0 Å². The van der Waals surface area contributed by atoms with Crippen molar-refractivity contribution in [1.82, 2.24) is 4.90 Å². The van der Waals surface area contributed by atoms with E-state index < -0.39 is 0 Å². The summed E-state index contributed by atoms with van der Waals surface area (Å²) in [5, 5.41) is 0. The van der Waals surface area contributed by atoms with Crippen molar-refractivity contribution in [2.24, 2.45) is 0 Å². The first-order valence-electron chi connectivity index (χ1n) is 4.13. The van der Waals surface area contributed by atoms with E-state index in [1.807, 2.05) is 0 Å². The molecule has 4 heteroatoms. The number of carbonyl (C=O) groups is 1. The summed E-state index contributed by atoms with van der Waals surface area (Å²) in [7, 11) is 1.65. The molecule has 1 rings (SSSR count). The molecule has 1 atom stereocenters. The van der Waals surface area contributed by atoms with Gasteiger partial charge >= 0.3 is 0 Å². The van der Waals surface area contributed by atoms with E-state index in [0.29, 0.717) is 19.8 Å². The molecule has 0 aromatic rings. The Morgan fingerprint density at radius 3 is 3.25 bits per heavy atom. The number of ether oxygens (including phenoxy) is 2. The Morgan fingerprint density at radius 2 is 2.58 bits per heavy atom. The summed E-state index contributed by atoms with van der Waals surface area (Å²) < 4.78 is 10.4. The second kappa shape index (κ2) is 5.24. The average molecular weight is 173 g/mol. The zero-order chi connectivity index (χ0) is 8.81. The van der Waals surface area contributed by atoms with Crippen LogP contribution in [0, 0.1) is 0 Å². The standard InChI is InChI=1S/C8H15NO3/c1-11-7-8-6-9(2-4-10)3-5-12-8/h4,8H,2-3,5-7H2,1H3. The first-order valence-corrected chi connectivity index (χ1v) is 4.13. The van der Waals surface area contributed by atoms with Crippen molar-refractivity contribution in [2.75, 3.05) is 40.0 Å². The van der Waals surface area contributed by atoms with Crippen molar-refractivity contribution in [2.45, 2.75) is 6.10 Å². The van der Waals surface area contributed by atoms with Gasteiger partial charge in [-0.2, -0.15) is 0 Å². The lowest BCUT2D eigenvalue weighted by atomic mass is 10.3. The van der Waals surface area contributed by atoms with Gasteiger partial charge in [0.05, 0.1) is 25.9 Å². The van der Waals surface area contributed by atoms with E-state index in [9.17, 15) is 4.79 Å². The molecule has 0 N–H and O–H groups in total. The molecule has 12 heavy (non-hydrogen) atoms. The van der Waals surface area contributed by atoms with Crippen LogP contribution in [0.2, 0.25) is 0 Å². The fraction of sp³-hybridized carbons (Fsp3) is 0.875. The highest BCUT2D eigenvalue weighted by Crippen LogP contribution is 2.03. The molecule has 70 valence electrons. The molecular formula is C8H15NO3. The molecule has 4 nitrogen and oxygen atoms in total. The van der Waals surface area contributed by atoms with E-state index in [1.165, 1.54) is 0 Å². The largest absolute Gasteiger partial charge is 0.382 e. The Hall–Kier alpha value is -0.450. The number of nitrogens with zero attached hydrogens (tertiary/aromatic N) is 1. The number of hydrogen-bond acceptors (Lipinski definition) is 4. The molecule has 1 aliphatic heterocycles. The summed E-state index contributed by atoms with van der Waals surface area (Å²) in [5.74, 6) is 0. The van der Waals surface area contributed by atoms with Crippen LogP contribution in [0.3, 0.4) is 0 Å². The molecule has 1 unspecified atom stereocenters. The van der Waals surface area contributed by atoms with Gasteiger partial charge in [0.25, 0.3) is 0 Å². The lowest BCUT2D eigenvalue weighted by Gasteiger charge is -2.31. The normalized spacial score (nSPS) is 25.6. The summed E-state index contributed by atoms with van der Waals surface area (Å²) >= 11 is 0. The molecule has 0 aromatic carbocycles. The third-order valence-electron chi connectivity index (χ3n) is 1.91. The van der Waals surface area contributed by atoms with Gasteiger partial charge in [-0.05, 0) is 0 Å². The molecule has 0 aliphatic carbocycles. The highest BCUT2D eigenvalue weighted by atomic mass is 16.5. The summed E-state index contributed by atoms with van der Waals surface area (Å²) in [6.07, 6.45) is 1.05. The topological polar surface area (TPSA) is 38.8 Å². The number of methoxy groups -OCH3 is 1. The van der Waals surface area contributed by atoms with Crippen molar-refractivity contribution < 1.29 is 14.3 Å². The van der Waals surface area contributed by atoms with E-state index in [1.54, 1.807) is 7.11 Å². The summed E-state index contributed by atoms with van der Waals surface area (Å²) in [6.45, 7) is 3.45. The third-order valence-corrected chi connectivity index (χ3v) is 1.91. The molecule has 0 spiro atoms. The maximum Gasteiger partial charge on any atom is 0.133 e. The SMILES string of the molecule is COCC1CN(CC=O)CCO1. The van der Waals surface area contributed by atoms with E-state index >= 15 is 0 Å². The molecule has 1 aliphatic rings. The summed E-state index contributed by atoms with van der Waals surface area (Å²) in [6, 6.07) is 0. The molecule has 0 radical (unpaired) electrons. The first kappa shape index (κ1) is 9.64. The van der Waals surface area contributed by atoms with Crippen molar-refractivity contribution in [3.05, 3.63) is 0 Å². The molecular weight excluding hydrogens is 158 g/mol. The Morgan fingerprint density at radius 1 is 1.75 bits per heavy atom. The molecule has 0 aromatic heterocycles. The Kier molecular flexibility index (Phi) is 4.21. The van der Waals surface area contributed by atoms with E-state index in [0.717, 1.165) is 19.4 Å². The third kappa shape index (κ3) is 2.89. The van der Waals surface area contributed by atoms with Crippen LogP contribution in [0.5, 0.6) is 0 Å². The van der Waals surface area contributed by atoms with Crippen LogP contribution in [-0.2, 0) is 14.3 Å². The highest BCUT2D eigenvalue weighted by Gasteiger charge is 2.19. The second-order valence-electron chi connectivity index (χ2n) is 2.87. The monoisotopic (exact) mass is 173 g/mol. The van der Waals surface area contributed by atoms with Crippen LogP contribution in [-0.4, -0.2) is 57.2 Å². The Labute approximate surface area is 72.4 Å². The van der Waals surface area contributed by atoms with Gasteiger partial charge in [-0.3, -0.25) is 4.90 Å². The average Bonchev–Trinajstić information content (AvgIpc) is 2.06. The Bertz CT molecular complexity index is 138. The van der Waals surface area contributed by atoms with Gasteiger partial charge in [0.15, 0.2) is 0 Å². The second-order valence-corrected chi connectivity index (χ2v) is 2.87. The van der Waals surface area contributed by atoms with E-state index in [2.05, 4.69) is 4.90 Å². The van der Waals surface area contributed by atoms with Gasteiger partial charge in [0.1, 0.15) is 6.29 Å². The zero-order valence-electron chi connectivity index (χ0n) is 7.36. The quantitative estimate of drug-likeness (QED) is 0.539. The number of morpholine rings is 1. The van der Waals surface area contributed by atoms with Crippen LogP contribution in [0.15, 0.2) is 0 Å². The van der Waals surface area contributed by atoms with Crippen molar-refractivity contribution >= 4 is 6.29 Å². The first-order chi connectivity index (χ1) is 5.86. The van der Waals surface area contributed by atoms with Crippen LogP contribution in [0.4, 0.5) is 0 Å². The minimum Gasteiger partial charge on any atom is -0.382 e. The number of aldehydes is 1. The minimum atomic E-state index is 0.128. The lowest BCUT2D eigenvalue weighted by Crippen LogP contribution is -2.44. The van der Waals surface area contributed by atoms with Crippen molar-refractivity contribution in [3.8, 4) is 0 Å². The van der Waals surface area contributed by atoms with Crippen molar-refractivity contribution in [1.29, 1.82) is 0 Å². The van der Waals surface area contributed by atoms with Crippen molar-refractivity contribution in [3.63, 3.8) is 0 Å². The van der Waals surface area contributed by atoms with Crippen LogP contribution < -0.4 is 0 Å². The zero-order valence-corrected chi connectivity index (χ0v) is 7.36. The smallest absolute Gasteiger partial charge is 0.133 e. The summed E-state index contributed by atoms with van der Waals surface area (Å²) in [5.41, 5.74) is 0. The number of hydrogen-bond donors (Lipinski definition) is 0. The predicted molar refractivity (Wildman–Crippen MR) is 44.1 cm³/mol. The molecule has 1 fully saturated rings. The maximum atomic E-state index is 10.2. The molecule has 1 saturated heterocycles. The fourth-order valence-electron chi connectivity index (χ4n) is 1.34. The van der Waals surface area contributed by atoms with Crippen LogP contribution in [0.1, 0.15) is 0 Å². The number of rotatable bonds is 4. The molecule has 1 heterocycles. The van der Waals surface area contributed by atoms with Crippen LogP contribution in [0.25, 0.3) is 0 Å². The van der Waals surface area contributed by atoms with Gasteiger partial charge in [-0.15, -0.1) is 0 Å². The fourth-order valence-corrected chi connectivity index (χ4v) is 1.34. The maximum absolute atomic E-state index is 10.2. The minimum absolute atomic E-state index is 0.128. The van der Waals surface area contributed by atoms with E-state index in [4.69, 9.17) is 9.47 Å². The molecule has 0 amide bonds. The molecule has 0 bridgehead atoms. The Balaban J connectivity index is 2.24. The van der Waals surface area contributed by atoms with Crippen LogP contribution >= 0.6 is 0 Å². The van der Waals surface area contributed by atoms with Gasteiger partial charge in [-0.25, -0.2) is 0 Å². The number of carbonyl (C=O) groups excluding carboxylic acids is 1. The van der Waals surface area contributed by atoms with Gasteiger partial charge in [-0.1, -0.05) is 0 Å². The lowest BCUT2D eigenvalue weighted by molar-refractivity contribution is -0.112. The highest BCUT2D eigenvalue weighted by molar-refractivity contribution is 5.51. The van der Waals surface area contributed by atoms with Gasteiger partial charge < -0.3 is 14.3 Å². The molecule has 0 saturated carbocycles. The predicted octanol–water partition coefficient (Wildman–Crippen LogP) is -0.467. The summed E-state index contributed by atoms with van der Waals surface area (Å²) in [4.78, 5) is 12.3. The van der Waals surface area contributed by atoms with E-state index in [-0.39, 0.29) is 6.10 Å².